The van der Waals surface area contributed by atoms with Crippen LogP contribution in [0.4, 0.5) is 10.1 Å². The predicted molar refractivity (Wildman–Crippen MR) is 141 cm³/mol. The summed E-state index contributed by atoms with van der Waals surface area (Å²) in [5.74, 6) is 0.376. The Bertz CT molecular complexity index is 1820. The van der Waals surface area contributed by atoms with Gasteiger partial charge >= 0.3 is 0 Å². The number of halogens is 1. The van der Waals surface area contributed by atoms with Crippen LogP contribution in [-0.2, 0) is 4.79 Å². The third-order valence-electron chi connectivity index (χ3n) is 7.00. The van der Waals surface area contributed by atoms with Crippen LogP contribution in [0.3, 0.4) is 0 Å². The Morgan fingerprint density at radius 1 is 1.00 bits per heavy atom. The summed E-state index contributed by atoms with van der Waals surface area (Å²) >= 11 is 0. The highest BCUT2D eigenvalue weighted by molar-refractivity contribution is 5.97. The molecule has 0 spiro atoms. The first-order valence-electron chi connectivity index (χ1n) is 12.3. The predicted octanol–water partition coefficient (Wildman–Crippen LogP) is 5.50. The van der Waals surface area contributed by atoms with Gasteiger partial charge in [-0.3, -0.25) is 19.9 Å². The number of nitrogens with zero attached hydrogens (tertiary/aromatic N) is 5. The average Bonchev–Trinajstić information content (AvgIpc) is 3.52. The first-order valence-corrected chi connectivity index (χ1v) is 12.3. The fraction of sp³-hybridized carbons (Fsp3) is 0.143. The molecule has 0 radical (unpaired) electrons. The molecule has 9 nitrogen and oxygen atoms in total. The summed E-state index contributed by atoms with van der Waals surface area (Å²) in [6.45, 7) is 0. The van der Waals surface area contributed by atoms with Crippen molar-refractivity contribution in [3.8, 4) is 33.9 Å². The summed E-state index contributed by atoms with van der Waals surface area (Å²) in [6.07, 6.45) is 9.72. The van der Waals surface area contributed by atoms with Crippen LogP contribution in [-0.4, -0.2) is 41.0 Å². The number of amides is 1. The van der Waals surface area contributed by atoms with Crippen molar-refractivity contribution in [1.29, 1.82) is 0 Å². The summed E-state index contributed by atoms with van der Waals surface area (Å²) in [5, 5.41) is 11.3. The van der Waals surface area contributed by atoms with Crippen molar-refractivity contribution in [3.63, 3.8) is 0 Å². The summed E-state index contributed by atoms with van der Waals surface area (Å²) in [7, 11) is 0. The Morgan fingerprint density at radius 2 is 1.87 bits per heavy atom. The number of anilines is 1. The van der Waals surface area contributed by atoms with E-state index >= 15 is 0 Å². The molecule has 6 aromatic rings. The van der Waals surface area contributed by atoms with Gasteiger partial charge in [-0.1, -0.05) is 18.6 Å². The molecule has 1 aromatic carbocycles. The van der Waals surface area contributed by atoms with E-state index in [1.54, 1.807) is 36.9 Å². The molecule has 1 fully saturated rings. The first-order chi connectivity index (χ1) is 18.6. The summed E-state index contributed by atoms with van der Waals surface area (Å²) in [6, 6.07) is 12.0. The van der Waals surface area contributed by atoms with E-state index in [9.17, 15) is 9.18 Å². The van der Waals surface area contributed by atoms with Crippen molar-refractivity contribution >= 4 is 33.7 Å². The zero-order valence-electron chi connectivity index (χ0n) is 20.1. The molecule has 1 amide bonds. The van der Waals surface area contributed by atoms with Gasteiger partial charge in [0, 0.05) is 34.8 Å². The van der Waals surface area contributed by atoms with Gasteiger partial charge in [-0.15, -0.1) is 0 Å². The number of imidazole rings is 1. The lowest BCUT2D eigenvalue weighted by molar-refractivity contribution is -0.122. The van der Waals surface area contributed by atoms with Crippen LogP contribution in [0, 0.1) is 11.7 Å². The molecule has 0 unspecified atom stereocenters. The quantitative estimate of drug-likeness (QED) is 0.285. The van der Waals surface area contributed by atoms with Gasteiger partial charge in [0.15, 0.2) is 11.5 Å². The molecule has 0 atom stereocenters. The second kappa shape index (κ2) is 8.84. The third kappa shape index (κ3) is 3.86. The highest BCUT2D eigenvalue weighted by Crippen LogP contribution is 2.32. The summed E-state index contributed by atoms with van der Waals surface area (Å²) in [4.78, 5) is 33.7. The van der Waals surface area contributed by atoms with Crippen LogP contribution in [0.2, 0.25) is 0 Å². The molecule has 5 heterocycles. The molecule has 0 saturated heterocycles. The number of fused-ring (bicyclic) bond motifs is 2. The third-order valence-corrected chi connectivity index (χ3v) is 7.00. The Kier molecular flexibility index (Phi) is 5.17. The van der Waals surface area contributed by atoms with Crippen molar-refractivity contribution in [1.82, 2.24) is 35.1 Å². The van der Waals surface area contributed by atoms with E-state index < -0.39 is 0 Å². The monoisotopic (exact) mass is 504 g/mol. The van der Waals surface area contributed by atoms with Gasteiger partial charge in [-0.25, -0.2) is 14.4 Å². The Hall–Kier alpha value is -4.99. The topological polar surface area (TPSA) is 125 Å². The maximum Gasteiger partial charge on any atom is 0.227 e. The number of carbonyl (C=O) groups is 1. The zero-order chi connectivity index (χ0) is 25.6. The molecule has 1 aliphatic carbocycles. The molecule has 186 valence electrons. The van der Waals surface area contributed by atoms with Gasteiger partial charge in [0.2, 0.25) is 5.91 Å². The van der Waals surface area contributed by atoms with E-state index in [1.165, 1.54) is 12.1 Å². The molecular weight excluding hydrogens is 483 g/mol. The summed E-state index contributed by atoms with van der Waals surface area (Å²) < 4.78 is 13.5. The van der Waals surface area contributed by atoms with Crippen LogP contribution in [0.15, 0.2) is 67.3 Å². The fourth-order valence-electron chi connectivity index (χ4n) is 4.71. The largest absolute Gasteiger partial charge is 0.335 e. The number of nitrogens with one attached hydrogen (secondary N) is 3. The summed E-state index contributed by atoms with van der Waals surface area (Å²) in [5.41, 5.74) is 6.46. The highest BCUT2D eigenvalue weighted by atomic mass is 19.1. The Morgan fingerprint density at radius 3 is 2.68 bits per heavy atom. The number of H-pyrrole nitrogens is 2. The van der Waals surface area contributed by atoms with Crippen LogP contribution in [0.1, 0.15) is 19.3 Å². The van der Waals surface area contributed by atoms with E-state index in [1.807, 2.05) is 18.2 Å². The second-order valence-corrected chi connectivity index (χ2v) is 9.42. The van der Waals surface area contributed by atoms with Crippen molar-refractivity contribution in [3.05, 3.63) is 73.1 Å². The smallest absolute Gasteiger partial charge is 0.227 e. The van der Waals surface area contributed by atoms with Crippen LogP contribution >= 0.6 is 0 Å². The van der Waals surface area contributed by atoms with Gasteiger partial charge in [0.1, 0.15) is 11.5 Å². The van der Waals surface area contributed by atoms with Crippen molar-refractivity contribution in [2.45, 2.75) is 19.3 Å². The van der Waals surface area contributed by atoms with E-state index in [4.69, 9.17) is 0 Å². The van der Waals surface area contributed by atoms with Crippen LogP contribution in [0.5, 0.6) is 0 Å². The molecule has 1 aliphatic rings. The minimum Gasteiger partial charge on any atom is -0.335 e. The van der Waals surface area contributed by atoms with Gasteiger partial charge < -0.3 is 10.3 Å². The van der Waals surface area contributed by atoms with E-state index in [-0.39, 0.29) is 17.6 Å². The van der Waals surface area contributed by atoms with Crippen LogP contribution < -0.4 is 5.32 Å². The SMILES string of the molecule is O=C(Nc1cncc(-c2cc3c(-c4nc5nccc(-c6ccc(F)cc6)c5[nH]4)n[nH]c3cn2)c1)C1CCC1. The lowest BCUT2D eigenvalue weighted by Crippen LogP contribution is -2.28. The molecule has 7 rings (SSSR count). The number of aromatic amines is 2. The second-order valence-electron chi connectivity index (χ2n) is 9.42. The Labute approximate surface area is 215 Å². The van der Waals surface area contributed by atoms with Gasteiger partial charge in [0.25, 0.3) is 0 Å². The molecular formula is C28H21FN8O. The number of carbonyl (C=O) groups excluding carboxylic acids is 1. The van der Waals surface area contributed by atoms with Gasteiger partial charge in [0.05, 0.1) is 34.8 Å². The lowest BCUT2D eigenvalue weighted by atomic mass is 9.85. The highest BCUT2D eigenvalue weighted by Gasteiger charge is 2.25. The molecule has 0 aliphatic heterocycles. The number of hydrogen-bond acceptors (Lipinski definition) is 6. The molecule has 10 heteroatoms. The minimum absolute atomic E-state index is 0.0363. The molecule has 0 bridgehead atoms. The van der Waals surface area contributed by atoms with Crippen molar-refractivity contribution in [2.75, 3.05) is 5.32 Å². The molecule has 38 heavy (non-hydrogen) atoms. The normalized spacial score (nSPS) is 13.6. The lowest BCUT2D eigenvalue weighted by Gasteiger charge is -2.24. The van der Waals surface area contributed by atoms with Crippen LogP contribution in [0.25, 0.3) is 56.0 Å². The van der Waals surface area contributed by atoms with E-state index in [0.29, 0.717) is 28.5 Å². The number of rotatable bonds is 5. The number of aromatic nitrogens is 7. The number of benzene rings is 1. The molecule has 5 aromatic heterocycles. The fourth-order valence-corrected chi connectivity index (χ4v) is 4.71. The maximum absolute atomic E-state index is 13.5. The van der Waals surface area contributed by atoms with E-state index in [0.717, 1.165) is 52.4 Å². The minimum atomic E-state index is -0.293. The van der Waals surface area contributed by atoms with E-state index in [2.05, 4.69) is 40.4 Å². The molecule has 1 saturated carbocycles. The first kappa shape index (κ1) is 22.2. The number of hydrogen-bond donors (Lipinski definition) is 3. The number of pyridine rings is 3. The maximum atomic E-state index is 13.5. The zero-order valence-corrected chi connectivity index (χ0v) is 20.1. The van der Waals surface area contributed by atoms with Crippen molar-refractivity contribution < 1.29 is 9.18 Å². The van der Waals surface area contributed by atoms with Crippen molar-refractivity contribution in [2.24, 2.45) is 5.92 Å². The van der Waals surface area contributed by atoms with Gasteiger partial charge in [-0.05, 0) is 48.7 Å². The standard InChI is InChI=1S/C28H21FN8O/c29-18-6-4-15(5-7-18)20-8-9-31-26-24(20)34-27(35-26)25-21-11-22(32-14-23(21)36-37-25)17-10-19(13-30-12-17)33-28(38)16-2-1-3-16/h4-14,16H,1-3H2,(H,33,38)(H,36,37)(H,31,34,35). The Balaban J connectivity index is 1.26. The average molecular weight is 505 g/mol. The molecule has 3 N–H and O–H groups in total. The van der Waals surface area contributed by atoms with Gasteiger partial charge in [-0.2, -0.15) is 5.10 Å².